The minimum Gasteiger partial charge on any atom is -0.322 e. The summed E-state index contributed by atoms with van der Waals surface area (Å²) >= 11 is 0. The minimum atomic E-state index is -0.0726. The van der Waals surface area contributed by atoms with E-state index in [1.54, 1.807) is 29.4 Å². The first-order chi connectivity index (χ1) is 8.83. The maximum Gasteiger partial charge on any atom is 0.256 e. The number of amides is 1. The minimum absolute atomic E-state index is 0.0726. The molecular weight excluding hydrogens is 226 g/mol. The molecule has 1 heterocycles. The van der Waals surface area contributed by atoms with Gasteiger partial charge in [0.1, 0.15) is 6.54 Å². The Hall–Kier alpha value is -1.89. The van der Waals surface area contributed by atoms with E-state index in [2.05, 4.69) is 11.1 Å². The second-order valence-corrected chi connectivity index (χ2v) is 4.62. The number of rotatable bonds is 3. The summed E-state index contributed by atoms with van der Waals surface area (Å²) in [6, 6.07) is 5.82. The van der Waals surface area contributed by atoms with E-state index in [4.69, 9.17) is 5.26 Å². The first-order valence-electron chi connectivity index (χ1n) is 6.41. The predicted octanol–water partition coefficient (Wildman–Crippen LogP) is 2.38. The van der Waals surface area contributed by atoms with E-state index in [0.29, 0.717) is 5.56 Å². The summed E-state index contributed by atoms with van der Waals surface area (Å²) in [5.41, 5.74) is 0.568. The third-order valence-corrected chi connectivity index (χ3v) is 3.43. The third-order valence-electron chi connectivity index (χ3n) is 3.43. The summed E-state index contributed by atoms with van der Waals surface area (Å²) in [7, 11) is 0. The molecular formula is C14H17N3O. The Morgan fingerprint density at radius 2 is 2.22 bits per heavy atom. The van der Waals surface area contributed by atoms with E-state index >= 15 is 0 Å². The van der Waals surface area contributed by atoms with Crippen LogP contribution >= 0.6 is 0 Å². The summed E-state index contributed by atoms with van der Waals surface area (Å²) < 4.78 is 0. The van der Waals surface area contributed by atoms with Crippen LogP contribution in [0.5, 0.6) is 0 Å². The van der Waals surface area contributed by atoms with Crippen molar-refractivity contribution in [2.24, 2.45) is 0 Å². The van der Waals surface area contributed by atoms with E-state index in [1.807, 2.05) is 0 Å². The highest BCUT2D eigenvalue weighted by Gasteiger charge is 2.25. The number of nitriles is 1. The number of pyridine rings is 1. The quantitative estimate of drug-likeness (QED) is 0.766. The lowest BCUT2D eigenvalue weighted by Crippen LogP contribution is -2.41. The van der Waals surface area contributed by atoms with E-state index < -0.39 is 0 Å². The zero-order valence-corrected chi connectivity index (χ0v) is 10.4. The van der Waals surface area contributed by atoms with Crippen molar-refractivity contribution in [2.45, 2.75) is 38.1 Å². The standard InChI is InChI=1S/C14H17N3O/c15-8-10-17(13-6-2-1-3-7-13)14(18)12-5-4-9-16-11-12/h4-5,9,11,13H,1-3,6-7,10H2. The molecule has 1 fully saturated rings. The smallest absolute Gasteiger partial charge is 0.256 e. The molecule has 1 aromatic heterocycles. The van der Waals surface area contributed by atoms with Crippen LogP contribution in [0.2, 0.25) is 0 Å². The van der Waals surface area contributed by atoms with Gasteiger partial charge in [-0.1, -0.05) is 19.3 Å². The number of aromatic nitrogens is 1. The van der Waals surface area contributed by atoms with Crippen LogP contribution in [0, 0.1) is 11.3 Å². The maximum atomic E-state index is 12.4. The molecule has 0 unspecified atom stereocenters. The van der Waals surface area contributed by atoms with Crippen molar-refractivity contribution in [1.29, 1.82) is 5.26 Å². The van der Waals surface area contributed by atoms with Crippen molar-refractivity contribution in [2.75, 3.05) is 6.54 Å². The molecule has 0 saturated heterocycles. The summed E-state index contributed by atoms with van der Waals surface area (Å²) in [4.78, 5) is 18.0. The van der Waals surface area contributed by atoms with Gasteiger partial charge in [-0.25, -0.2) is 0 Å². The predicted molar refractivity (Wildman–Crippen MR) is 67.8 cm³/mol. The lowest BCUT2D eigenvalue weighted by atomic mass is 9.94. The largest absolute Gasteiger partial charge is 0.322 e. The Bertz CT molecular complexity index is 432. The number of carbonyl (C=O) groups is 1. The summed E-state index contributed by atoms with van der Waals surface area (Å²) in [5.74, 6) is -0.0726. The van der Waals surface area contributed by atoms with Gasteiger partial charge in [-0.15, -0.1) is 0 Å². The van der Waals surface area contributed by atoms with Crippen molar-refractivity contribution in [3.05, 3.63) is 30.1 Å². The Kier molecular flexibility index (Phi) is 4.30. The molecule has 4 heteroatoms. The highest BCUT2D eigenvalue weighted by Crippen LogP contribution is 2.23. The topological polar surface area (TPSA) is 57.0 Å². The molecule has 4 nitrogen and oxygen atoms in total. The molecule has 0 aliphatic heterocycles. The van der Waals surface area contributed by atoms with Crippen LogP contribution in [0.1, 0.15) is 42.5 Å². The molecule has 1 aromatic rings. The molecule has 94 valence electrons. The highest BCUT2D eigenvalue weighted by molar-refractivity contribution is 5.94. The van der Waals surface area contributed by atoms with Gasteiger partial charge in [0, 0.05) is 18.4 Å². The van der Waals surface area contributed by atoms with E-state index in [9.17, 15) is 4.79 Å². The average Bonchev–Trinajstić information content (AvgIpc) is 2.46. The summed E-state index contributed by atoms with van der Waals surface area (Å²) in [6.07, 6.45) is 8.75. The van der Waals surface area contributed by atoms with Crippen LogP contribution in [0.3, 0.4) is 0 Å². The second kappa shape index (κ2) is 6.15. The fourth-order valence-electron chi connectivity index (χ4n) is 2.49. The van der Waals surface area contributed by atoms with Crippen LogP contribution in [0.25, 0.3) is 0 Å². The van der Waals surface area contributed by atoms with Crippen molar-refractivity contribution in [3.8, 4) is 6.07 Å². The number of nitrogens with zero attached hydrogens (tertiary/aromatic N) is 3. The molecule has 0 bridgehead atoms. The van der Waals surface area contributed by atoms with Gasteiger partial charge in [-0.2, -0.15) is 5.26 Å². The first kappa shape index (κ1) is 12.6. The van der Waals surface area contributed by atoms with Gasteiger partial charge in [0.2, 0.25) is 0 Å². The zero-order valence-electron chi connectivity index (χ0n) is 10.4. The molecule has 1 saturated carbocycles. The Morgan fingerprint density at radius 1 is 1.44 bits per heavy atom. The molecule has 0 spiro atoms. The number of hydrogen-bond acceptors (Lipinski definition) is 3. The second-order valence-electron chi connectivity index (χ2n) is 4.62. The van der Waals surface area contributed by atoms with Crippen molar-refractivity contribution < 1.29 is 4.79 Å². The van der Waals surface area contributed by atoms with Crippen LogP contribution < -0.4 is 0 Å². The van der Waals surface area contributed by atoms with Gasteiger partial charge in [0.25, 0.3) is 5.91 Å². The fraction of sp³-hybridized carbons (Fsp3) is 0.500. The van der Waals surface area contributed by atoms with Gasteiger partial charge in [-0.05, 0) is 25.0 Å². The maximum absolute atomic E-state index is 12.4. The van der Waals surface area contributed by atoms with Gasteiger partial charge < -0.3 is 4.90 Å². The molecule has 1 aliphatic rings. The normalized spacial score (nSPS) is 15.9. The van der Waals surface area contributed by atoms with Crippen LogP contribution in [-0.2, 0) is 0 Å². The molecule has 0 N–H and O–H groups in total. The molecule has 0 aromatic carbocycles. The molecule has 1 amide bonds. The lowest BCUT2D eigenvalue weighted by molar-refractivity contribution is 0.0666. The Balaban J connectivity index is 2.14. The van der Waals surface area contributed by atoms with Crippen molar-refractivity contribution >= 4 is 5.91 Å². The average molecular weight is 243 g/mol. The van der Waals surface area contributed by atoms with E-state index in [1.165, 1.54) is 6.42 Å². The molecule has 0 radical (unpaired) electrons. The third kappa shape index (κ3) is 2.86. The van der Waals surface area contributed by atoms with Crippen LogP contribution in [0.15, 0.2) is 24.5 Å². The van der Waals surface area contributed by atoms with Crippen LogP contribution in [0.4, 0.5) is 0 Å². The van der Waals surface area contributed by atoms with E-state index in [0.717, 1.165) is 25.7 Å². The van der Waals surface area contributed by atoms with Gasteiger partial charge in [0.05, 0.1) is 11.6 Å². The first-order valence-corrected chi connectivity index (χ1v) is 6.41. The zero-order chi connectivity index (χ0) is 12.8. The monoisotopic (exact) mass is 243 g/mol. The van der Waals surface area contributed by atoms with Crippen LogP contribution in [-0.4, -0.2) is 28.4 Å². The van der Waals surface area contributed by atoms with Gasteiger partial charge in [-0.3, -0.25) is 9.78 Å². The van der Waals surface area contributed by atoms with Gasteiger partial charge in [0.15, 0.2) is 0 Å². The number of carbonyl (C=O) groups excluding carboxylic acids is 1. The fourth-order valence-corrected chi connectivity index (χ4v) is 2.49. The Labute approximate surface area is 107 Å². The summed E-state index contributed by atoms with van der Waals surface area (Å²) in [6.45, 7) is 0.165. The number of hydrogen-bond donors (Lipinski definition) is 0. The highest BCUT2D eigenvalue weighted by atomic mass is 16.2. The summed E-state index contributed by atoms with van der Waals surface area (Å²) in [5, 5.41) is 8.90. The molecule has 2 rings (SSSR count). The molecule has 0 atom stereocenters. The van der Waals surface area contributed by atoms with Crippen molar-refractivity contribution in [3.63, 3.8) is 0 Å². The lowest BCUT2D eigenvalue weighted by Gasteiger charge is -2.32. The molecule has 18 heavy (non-hydrogen) atoms. The van der Waals surface area contributed by atoms with Gasteiger partial charge >= 0.3 is 0 Å². The SMILES string of the molecule is N#CCN(C(=O)c1cccnc1)C1CCCCC1. The molecule has 1 aliphatic carbocycles. The Morgan fingerprint density at radius 3 is 2.83 bits per heavy atom. The van der Waals surface area contributed by atoms with E-state index in [-0.39, 0.29) is 18.5 Å². The van der Waals surface area contributed by atoms with Crippen molar-refractivity contribution in [1.82, 2.24) is 9.88 Å².